The smallest absolute Gasteiger partial charge is 0.174 e. The highest BCUT2D eigenvalue weighted by molar-refractivity contribution is 6.38. The first-order valence-electron chi connectivity index (χ1n) is 9.66. The molecule has 1 aliphatic heterocycles. The van der Waals surface area contributed by atoms with Crippen LogP contribution >= 0.6 is 0 Å². The van der Waals surface area contributed by atoms with Gasteiger partial charge in [0.05, 0.1) is 12.3 Å². The molecule has 0 spiro atoms. The second-order valence-corrected chi connectivity index (χ2v) is 7.57. The van der Waals surface area contributed by atoms with Crippen molar-refractivity contribution >= 4 is 11.9 Å². The van der Waals surface area contributed by atoms with E-state index in [-0.39, 0.29) is 24.6 Å². The van der Waals surface area contributed by atoms with Crippen LogP contribution in [0.5, 0.6) is 5.75 Å². The number of rotatable bonds is 8. The Bertz CT molecular complexity index is 716. The molecular weight excluding hydrogens is 347 g/mol. The number of aliphatic hydroxyl groups is 1. The molecule has 0 aromatic heterocycles. The van der Waals surface area contributed by atoms with Gasteiger partial charge in [-0.15, -0.1) is 0 Å². The third-order valence-corrected chi connectivity index (χ3v) is 4.97. The standard InChI is InChI=1S/C20H29FN4O2/c1-12(2)23-8-14(26)11-27-20-15(13-4-3-5-13)6-7-16(19(20)21)17-9-25-18(22)10-24-17/h6-7,9,12-14,18,23,26H,3-5,8,10-11,22H2,1-2H3. The normalized spacial score (nSPS) is 21.1. The van der Waals surface area contributed by atoms with E-state index in [1.807, 2.05) is 19.9 Å². The Morgan fingerprint density at radius 2 is 2.15 bits per heavy atom. The third kappa shape index (κ3) is 4.91. The van der Waals surface area contributed by atoms with Crippen molar-refractivity contribution in [3.8, 4) is 5.75 Å². The van der Waals surface area contributed by atoms with Gasteiger partial charge in [-0.2, -0.15) is 0 Å². The minimum absolute atomic E-state index is 0.0330. The van der Waals surface area contributed by atoms with Crippen LogP contribution in [-0.2, 0) is 0 Å². The number of nitrogens with two attached hydrogens (primary N) is 1. The highest BCUT2D eigenvalue weighted by atomic mass is 19.1. The first-order chi connectivity index (χ1) is 13.0. The lowest BCUT2D eigenvalue weighted by molar-refractivity contribution is 0.101. The number of aliphatic hydroxyl groups excluding tert-OH is 1. The van der Waals surface area contributed by atoms with Crippen molar-refractivity contribution in [2.45, 2.75) is 57.3 Å². The van der Waals surface area contributed by atoms with Gasteiger partial charge in [0.15, 0.2) is 11.6 Å². The molecule has 0 amide bonds. The summed E-state index contributed by atoms with van der Waals surface area (Å²) in [5.41, 5.74) is 7.41. The molecule has 3 rings (SSSR count). The molecule has 1 aromatic rings. The Labute approximate surface area is 159 Å². The summed E-state index contributed by atoms with van der Waals surface area (Å²) in [6.07, 6.45) is 3.64. The van der Waals surface area contributed by atoms with E-state index >= 15 is 4.39 Å². The second kappa shape index (κ2) is 8.91. The number of hydrogen-bond donors (Lipinski definition) is 3. The van der Waals surface area contributed by atoms with Gasteiger partial charge in [-0.25, -0.2) is 4.39 Å². The summed E-state index contributed by atoms with van der Waals surface area (Å²) in [5.74, 6) is 0.0979. The number of nitrogens with one attached hydrogen (secondary N) is 1. The first kappa shape index (κ1) is 19.9. The Morgan fingerprint density at radius 3 is 2.74 bits per heavy atom. The molecule has 6 nitrogen and oxygen atoms in total. The molecule has 2 aliphatic rings. The second-order valence-electron chi connectivity index (χ2n) is 7.57. The third-order valence-electron chi connectivity index (χ3n) is 4.97. The summed E-state index contributed by atoms with van der Waals surface area (Å²) in [5, 5.41) is 13.3. The maximum absolute atomic E-state index is 15.3. The molecule has 4 N–H and O–H groups in total. The van der Waals surface area contributed by atoms with E-state index in [2.05, 4.69) is 15.3 Å². The summed E-state index contributed by atoms with van der Waals surface area (Å²) in [6.45, 7) is 4.78. The number of halogens is 1. The molecule has 148 valence electrons. The van der Waals surface area contributed by atoms with Crippen molar-refractivity contribution in [3.05, 3.63) is 29.1 Å². The van der Waals surface area contributed by atoms with Crippen molar-refractivity contribution in [1.29, 1.82) is 0 Å². The number of benzene rings is 1. The van der Waals surface area contributed by atoms with E-state index < -0.39 is 11.9 Å². The van der Waals surface area contributed by atoms with Gasteiger partial charge < -0.3 is 20.9 Å². The van der Waals surface area contributed by atoms with Crippen LogP contribution in [0.25, 0.3) is 0 Å². The highest BCUT2D eigenvalue weighted by Crippen LogP contribution is 2.42. The average Bonchev–Trinajstić information content (AvgIpc) is 2.59. The van der Waals surface area contributed by atoms with Crippen molar-refractivity contribution in [2.24, 2.45) is 15.7 Å². The quantitative estimate of drug-likeness (QED) is 0.647. The van der Waals surface area contributed by atoms with E-state index in [0.29, 0.717) is 30.3 Å². The molecule has 1 aromatic carbocycles. The van der Waals surface area contributed by atoms with Crippen molar-refractivity contribution < 1.29 is 14.2 Å². The predicted octanol–water partition coefficient (Wildman–Crippen LogP) is 1.99. The van der Waals surface area contributed by atoms with Crippen LogP contribution in [-0.4, -0.2) is 55.0 Å². The molecule has 1 saturated carbocycles. The molecule has 0 radical (unpaired) electrons. The number of aliphatic imine (C=N–C) groups is 2. The van der Waals surface area contributed by atoms with E-state index in [1.54, 1.807) is 6.07 Å². The van der Waals surface area contributed by atoms with Gasteiger partial charge >= 0.3 is 0 Å². The molecule has 0 saturated heterocycles. The molecule has 1 heterocycles. The molecule has 2 unspecified atom stereocenters. The van der Waals surface area contributed by atoms with Gasteiger partial charge in [-0.05, 0) is 24.8 Å². The largest absolute Gasteiger partial charge is 0.487 e. The molecule has 7 heteroatoms. The fraction of sp³-hybridized carbons (Fsp3) is 0.600. The van der Waals surface area contributed by atoms with Gasteiger partial charge in [-0.1, -0.05) is 26.3 Å². The lowest BCUT2D eigenvalue weighted by Gasteiger charge is -2.29. The summed E-state index contributed by atoms with van der Waals surface area (Å²) in [6, 6.07) is 3.93. The number of nitrogens with zero attached hydrogens (tertiary/aromatic N) is 2. The van der Waals surface area contributed by atoms with Crippen LogP contribution in [0, 0.1) is 5.82 Å². The molecule has 1 fully saturated rings. The number of hydrogen-bond acceptors (Lipinski definition) is 6. The SMILES string of the molecule is CC(C)NCC(O)COc1c(C2CCC2)ccc(C2=NCC(N)N=C2)c1F. The molecule has 0 bridgehead atoms. The molecule has 2 atom stereocenters. The summed E-state index contributed by atoms with van der Waals surface area (Å²) in [7, 11) is 0. The van der Waals surface area contributed by atoms with E-state index in [9.17, 15) is 5.11 Å². The van der Waals surface area contributed by atoms with Gasteiger partial charge in [0.1, 0.15) is 18.9 Å². The minimum atomic E-state index is -0.712. The molecule has 1 aliphatic carbocycles. The van der Waals surface area contributed by atoms with Crippen LogP contribution in [0.4, 0.5) is 4.39 Å². The van der Waals surface area contributed by atoms with Crippen LogP contribution < -0.4 is 15.8 Å². The molecule has 27 heavy (non-hydrogen) atoms. The minimum Gasteiger partial charge on any atom is -0.487 e. The van der Waals surface area contributed by atoms with E-state index in [4.69, 9.17) is 10.5 Å². The zero-order chi connectivity index (χ0) is 19.4. The average molecular weight is 376 g/mol. The van der Waals surface area contributed by atoms with Gasteiger partial charge in [0, 0.05) is 29.9 Å². The van der Waals surface area contributed by atoms with Crippen molar-refractivity contribution in [2.75, 3.05) is 19.7 Å². The zero-order valence-corrected chi connectivity index (χ0v) is 16.0. The first-order valence-corrected chi connectivity index (χ1v) is 9.66. The maximum atomic E-state index is 15.3. The van der Waals surface area contributed by atoms with E-state index in [1.165, 1.54) is 6.21 Å². The lowest BCUT2D eigenvalue weighted by Crippen LogP contribution is -2.35. The highest BCUT2D eigenvalue weighted by Gasteiger charge is 2.27. The number of ether oxygens (including phenoxy) is 1. The Balaban J connectivity index is 1.80. The fourth-order valence-corrected chi connectivity index (χ4v) is 3.17. The van der Waals surface area contributed by atoms with Crippen molar-refractivity contribution in [1.82, 2.24) is 5.32 Å². The van der Waals surface area contributed by atoms with Crippen molar-refractivity contribution in [3.63, 3.8) is 0 Å². The van der Waals surface area contributed by atoms with Crippen LogP contribution in [0.15, 0.2) is 22.1 Å². The van der Waals surface area contributed by atoms with Gasteiger partial charge in [0.25, 0.3) is 0 Å². The topological polar surface area (TPSA) is 92.2 Å². The van der Waals surface area contributed by atoms with Crippen LogP contribution in [0.2, 0.25) is 0 Å². The molecular formula is C20H29FN4O2. The predicted molar refractivity (Wildman–Crippen MR) is 106 cm³/mol. The van der Waals surface area contributed by atoms with E-state index in [0.717, 1.165) is 24.8 Å². The maximum Gasteiger partial charge on any atom is 0.174 e. The summed E-state index contributed by atoms with van der Waals surface area (Å²) < 4.78 is 21.1. The van der Waals surface area contributed by atoms with Gasteiger partial charge in [0.2, 0.25) is 0 Å². The summed E-state index contributed by atoms with van der Waals surface area (Å²) >= 11 is 0. The van der Waals surface area contributed by atoms with Gasteiger partial charge in [-0.3, -0.25) is 9.98 Å². The summed E-state index contributed by atoms with van der Waals surface area (Å²) in [4.78, 5) is 8.45. The van der Waals surface area contributed by atoms with Crippen LogP contribution in [0.3, 0.4) is 0 Å². The van der Waals surface area contributed by atoms with Crippen LogP contribution in [0.1, 0.15) is 50.2 Å². The Kier molecular flexibility index (Phi) is 6.57. The monoisotopic (exact) mass is 376 g/mol. The Morgan fingerprint density at radius 1 is 1.37 bits per heavy atom. The lowest BCUT2D eigenvalue weighted by atomic mass is 9.79. The Hall–Kier alpha value is -1.83. The zero-order valence-electron chi connectivity index (χ0n) is 16.0. The fourth-order valence-electron chi connectivity index (χ4n) is 3.17.